The molecule has 0 unspecified atom stereocenters. The predicted molar refractivity (Wildman–Crippen MR) is 112 cm³/mol. The first-order chi connectivity index (χ1) is 14.9. The van der Waals surface area contributed by atoms with Gasteiger partial charge in [0.2, 0.25) is 5.91 Å². The highest BCUT2D eigenvalue weighted by molar-refractivity contribution is 6.05. The SMILES string of the molecule is C[C@@H]1C(=O)Nc2ccc(C(=O)COC(=O)c3ccc4c(=O)n5c(nc4c3)CCC5)cc21. The molecule has 3 heterocycles. The van der Waals surface area contributed by atoms with E-state index in [1.165, 1.54) is 12.1 Å². The van der Waals surface area contributed by atoms with Crippen molar-refractivity contribution in [3.8, 4) is 0 Å². The van der Waals surface area contributed by atoms with Crippen LogP contribution in [0.3, 0.4) is 0 Å². The average Bonchev–Trinajstić information content (AvgIpc) is 3.35. The molecular weight excluding hydrogens is 398 g/mol. The van der Waals surface area contributed by atoms with Gasteiger partial charge in [-0.05, 0) is 55.3 Å². The molecule has 1 atom stereocenters. The minimum absolute atomic E-state index is 0.105. The largest absolute Gasteiger partial charge is 0.454 e. The quantitative estimate of drug-likeness (QED) is 0.516. The van der Waals surface area contributed by atoms with Gasteiger partial charge in [0.15, 0.2) is 12.4 Å². The predicted octanol–water partition coefficient (Wildman–Crippen LogP) is 2.44. The zero-order valence-electron chi connectivity index (χ0n) is 16.8. The lowest BCUT2D eigenvalue weighted by Gasteiger charge is -2.08. The van der Waals surface area contributed by atoms with Gasteiger partial charge in [-0.25, -0.2) is 9.78 Å². The van der Waals surface area contributed by atoms with Crippen molar-refractivity contribution in [2.24, 2.45) is 0 Å². The minimum atomic E-state index is -0.663. The Morgan fingerprint density at radius 2 is 1.97 bits per heavy atom. The molecule has 0 fully saturated rings. The fraction of sp³-hybridized carbons (Fsp3) is 0.261. The van der Waals surface area contributed by atoms with E-state index < -0.39 is 12.6 Å². The van der Waals surface area contributed by atoms with Crippen molar-refractivity contribution in [2.45, 2.75) is 32.2 Å². The molecule has 8 nitrogen and oxygen atoms in total. The molecular formula is C23H19N3O5. The van der Waals surface area contributed by atoms with Crippen LogP contribution in [0.25, 0.3) is 10.9 Å². The van der Waals surface area contributed by atoms with Gasteiger partial charge < -0.3 is 10.1 Å². The van der Waals surface area contributed by atoms with Crippen molar-refractivity contribution in [3.63, 3.8) is 0 Å². The third kappa shape index (κ3) is 3.20. The van der Waals surface area contributed by atoms with Crippen LogP contribution < -0.4 is 10.9 Å². The van der Waals surface area contributed by atoms with E-state index in [1.54, 1.807) is 35.8 Å². The molecule has 5 rings (SSSR count). The Labute approximate surface area is 176 Å². The number of aryl methyl sites for hydroxylation is 1. The summed E-state index contributed by atoms with van der Waals surface area (Å²) in [6.45, 7) is 2.00. The number of esters is 1. The van der Waals surface area contributed by atoms with E-state index in [0.717, 1.165) is 24.2 Å². The summed E-state index contributed by atoms with van der Waals surface area (Å²) in [6.07, 6.45) is 1.61. The number of ether oxygens (including phenoxy) is 1. The van der Waals surface area contributed by atoms with Gasteiger partial charge in [-0.3, -0.25) is 19.0 Å². The Kier molecular flexibility index (Phi) is 4.43. The van der Waals surface area contributed by atoms with Gasteiger partial charge >= 0.3 is 5.97 Å². The number of Topliss-reactive ketones (excluding diaryl/α,β-unsaturated/α-hetero) is 1. The van der Waals surface area contributed by atoms with Crippen LogP contribution in [0.1, 0.15) is 51.4 Å². The molecule has 1 N–H and O–H groups in total. The lowest BCUT2D eigenvalue weighted by atomic mass is 9.99. The summed E-state index contributed by atoms with van der Waals surface area (Å²) < 4.78 is 6.87. The fourth-order valence-electron chi connectivity index (χ4n) is 4.10. The molecule has 0 radical (unpaired) electrons. The first-order valence-corrected chi connectivity index (χ1v) is 10.1. The molecule has 2 aliphatic rings. The van der Waals surface area contributed by atoms with Gasteiger partial charge in [0.05, 0.1) is 22.4 Å². The maximum absolute atomic E-state index is 12.5. The number of carbonyl (C=O) groups is 3. The number of nitrogens with one attached hydrogen (secondary N) is 1. The van der Waals surface area contributed by atoms with E-state index in [1.807, 2.05) is 0 Å². The van der Waals surface area contributed by atoms with Crippen molar-refractivity contribution in [3.05, 3.63) is 69.3 Å². The Hall–Kier alpha value is -3.81. The van der Waals surface area contributed by atoms with Crippen molar-refractivity contribution in [1.82, 2.24) is 9.55 Å². The Morgan fingerprint density at radius 1 is 1.16 bits per heavy atom. The standard InChI is InChI=1S/C23H19N3O5/c1-12-16-9-13(5-7-17(16)25-21(12)28)19(27)11-31-23(30)14-4-6-15-18(10-14)24-20-3-2-8-26(20)22(15)29/h4-7,9-10,12H,2-3,8,11H2,1H3,(H,25,28)/t12-/m0/s1. The number of anilines is 1. The number of hydrogen-bond donors (Lipinski definition) is 1. The van der Waals surface area contributed by atoms with Gasteiger partial charge in [-0.2, -0.15) is 0 Å². The summed E-state index contributed by atoms with van der Waals surface area (Å²) in [6, 6.07) is 9.53. The Balaban J connectivity index is 1.32. The number of nitrogens with zero attached hydrogens (tertiary/aromatic N) is 2. The second-order valence-corrected chi connectivity index (χ2v) is 7.83. The van der Waals surface area contributed by atoms with Gasteiger partial charge in [-0.1, -0.05) is 0 Å². The van der Waals surface area contributed by atoms with Crippen LogP contribution in [0, 0.1) is 0 Å². The zero-order valence-corrected chi connectivity index (χ0v) is 16.8. The molecule has 1 amide bonds. The van der Waals surface area contributed by atoms with Crippen LogP contribution in [0.4, 0.5) is 5.69 Å². The summed E-state index contributed by atoms with van der Waals surface area (Å²) in [4.78, 5) is 53.8. The second-order valence-electron chi connectivity index (χ2n) is 7.83. The highest BCUT2D eigenvalue weighted by Crippen LogP contribution is 2.32. The zero-order chi connectivity index (χ0) is 21.7. The van der Waals surface area contributed by atoms with E-state index in [2.05, 4.69) is 10.3 Å². The maximum atomic E-state index is 12.5. The van der Waals surface area contributed by atoms with Gasteiger partial charge in [0, 0.05) is 24.2 Å². The molecule has 0 spiro atoms. The van der Waals surface area contributed by atoms with E-state index in [9.17, 15) is 19.2 Å². The first kappa shape index (κ1) is 19.2. The van der Waals surface area contributed by atoms with Gasteiger partial charge in [0.25, 0.3) is 5.56 Å². The molecule has 3 aromatic rings. The molecule has 156 valence electrons. The number of ketones is 1. The Bertz CT molecular complexity index is 1340. The summed E-state index contributed by atoms with van der Waals surface area (Å²) in [7, 11) is 0. The van der Waals surface area contributed by atoms with Crippen LogP contribution in [0.15, 0.2) is 41.2 Å². The highest BCUT2D eigenvalue weighted by atomic mass is 16.5. The molecule has 0 saturated heterocycles. The van der Waals surface area contributed by atoms with Crippen molar-refractivity contribution >= 4 is 34.3 Å². The van der Waals surface area contributed by atoms with Crippen LogP contribution in [0.2, 0.25) is 0 Å². The van der Waals surface area contributed by atoms with Gasteiger partial charge in [0.1, 0.15) is 5.82 Å². The molecule has 8 heteroatoms. The third-order valence-electron chi connectivity index (χ3n) is 5.88. The van der Waals surface area contributed by atoms with Crippen molar-refractivity contribution < 1.29 is 19.1 Å². The van der Waals surface area contributed by atoms with Crippen molar-refractivity contribution in [2.75, 3.05) is 11.9 Å². The summed E-state index contributed by atoms with van der Waals surface area (Å²) in [5.74, 6) is -0.749. The number of amides is 1. The number of rotatable bonds is 4. The van der Waals surface area contributed by atoms with E-state index in [0.29, 0.717) is 28.7 Å². The molecule has 0 saturated carbocycles. The summed E-state index contributed by atoms with van der Waals surface area (Å²) in [5.41, 5.74) is 2.39. The lowest BCUT2D eigenvalue weighted by molar-refractivity contribution is -0.116. The first-order valence-electron chi connectivity index (χ1n) is 10.1. The molecule has 2 aromatic carbocycles. The molecule has 1 aromatic heterocycles. The average molecular weight is 417 g/mol. The molecule has 2 aliphatic heterocycles. The summed E-state index contributed by atoms with van der Waals surface area (Å²) in [5, 5.41) is 3.21. The van der Waals surface area contributed by atoms with E-state index in [4.69, 9.17) is 4.74 Å². The second kappa shape index (κ2) is 7.16. The monoisotopic (exact) mass is 417 g/mol. The smallest absolute Gasteiger partial charge is 0.338 e. The lowest BCUT2D eigenvalue weighted by Crippen LogP contribution is -2.21. The number of aromatic nitrogens is 2. The number of hydrogen-bond acceptors (Lipinski definition) is 6. The third-order valence-corrected chi connectivity index (χ3v) is 5.88. The molecule has 0 bridgehead atoms. The number of carbonyl (C=O) groups excluding carboxylic acids is 3. The van der Waals surface area contributed by atoms with Crippen LogP contribution in [-0.4, -0.2) is 33.8 Å². The van der Waals surface area contributed by atoms with E-state index >= 15 is 0 Å². The topological polar surface area (TPSA) is 107 Å². The number of benzene rings is 2. The number of fused-ring (bicyclic) bond motifs is 3. The molecule has 0 aliphatic carbocycles. The van der Waals surface area contributed by atoms with Crippen molar-refractivity contribution in [1.29, 1.82) is 0 Å². The molecule has 31 heavy (non-hydrogen) atoms. The van der Waals surface area contributed by atoms with Gasteiger partial charge in [-0.15, -0.1) is 0 Å². The normalized spacial score (nSPS) is 16.7. The fourth-order valence-corrected chi connectivity index (χ4v) is 4.10. The van der Waals surface area contributed by atoms with Crippen LogP contribution >= 0.6 is 0 Å². The van der Waals surface area contributed by atoms with Crippen LogP contribution in [0.5, 0.6) is 0 Å². The van der Waals surface area contributed by atoms with Crippen LogP contribution in [-0.2, 0) is 22.5 Å². The maximum Gasteiger partial charge on any atom is 0.338 e. The van der Waals surface area contributed by atoms with E-state index in [-0.39, 0.29) is 28.7 Å². The highest BCUT2D eigenvalue weighted by Gasteiger charge is 2.27. The summed E-state index contributed by atoms with van der Waals surface area (Å²) >= 11 is 0. The minimum Gasteiger partial charge on any atom is -0.454 e. The Morgan fingerprint density at radius 3 is 2.81 bits per heavy atom.